The van der Waals surface area contributed by atoms with Gasteiger partial charge in [0.1, 0.15) is 0 Å². The first-order valence-electron chi connectivity index (χ1n) is 10.0. The third-order valence-corrected chi connectivity index (χ3v) is 4.79. The van der Waals surface area contributed by atoms with Crippen LogP contribution in [0.3, 0.4) is 0 Å². The molecule has 6 nitrogen and oxygen atoms in total. The number of halogens is 1. The Morgan fingerprint density at radius 1 is 1.29 bits per heavy atom. The molecule has 0 spiro atoms. The lowest BCUT2D eigenvalue weighted by atomic mass is 9.94. The summed E-state index contributed by atoms with van der Waals surface area (Å²) in [6, 6.07) is 5.46. The molecule has 0 heterocycles. The summed E-state index contributed by atoms with van der Waals surface area (Å²) < 4.78 is 0. The maximum atomic E-state index is 12.2. The zero-order chi connectivity index (χ0) is 20.9. The second-order valence-corrected chi connectivity index (χ2v) is 7.77. The number of anilines is 1. The minimum absolute atomic E-state index is 0.0771. The first kappa shape index (κ1) is 24.2. The summed E-state index contributed by atoms with van der Waals surface area (Å²) >= 11 is 6.09. The fraction of sp³-hybridized carbons (Fsp3) is 0.619. The standard InChI is InChI=1S/C21H35ClN4O2/c1-5-23-21(25-14-17(10-12-27)13-15(2)3)24-11-9-20(28)26-19-8-6-7-18(22)16(19)4/h6-8,15,17,27H,5,9-14H2,1-4H3,(H,26,28)(H2,23,24,25). The molecule has 0 fully saturated rings. The minimum atomic E-state index is -0.0771. The van der Waals surface area contributed by atoms with E-state index in [2.05, 4.69) is 34.8 Å². The topological polar surface area (TPSA) is 85.8 Å². The molecule has 0 aliphatic carbocycles. The van der Waals surface area contributed by atoms with E-state index in [9.17, 15) is 9.90 Å². The van der Waals surface area contributed by atoms with Gasteiger partial charge >= 0.3 is 0 Å². The summed E-state index contributed by atoms with van der Waals surface area (Å²) in [6.45, 7) is 10.3. The number of nitrogens with one attached hydrogen (secondary N) is 3. The first-order valence-corrected chi connectivity index (χ1v) is 10.4. The Morgan fingerprint density at radius 2 is 2.04 bits per heavy atom. The molecule has 158 valence electrons. The monoisotopic (exact) mass is 410 g/mol. The largest absolute Gasteiger partial charge is 0.396 e. The number of aliphatic imine (C=N–C) groups is 1. The highest BCUT2D eigenvalue weighted by atomic mass is 35.5. The van der Waals surface area contributed by atoms with Crippen LogP contribution in [0.5, 0.6) is 0 Å². The molecule has 28 heavy (non-hydrogen) atoms. The van der Waals surface area contributed by atoms with E-state index in [1.807, 2.05) is 26.0 Å². The Labute approximate surface area is 174 Å². The van der Waals surface area contributed by atoms with E-state index in [1.54, 1.807) is 6.07 Å². The number of carbonyl (C=O) groups excluding carboxylic acids is 1. The molecule has 4 N–H and O–H groups in total. The quantitative estimate of drug-likeness (QED) is 0.332. The number of guanidine groups is 1. The lowest BCUT2D eigenvalue weighted by molar-refractivity contribution is -0.116. The molecule has 1 rings (SSSR count). The van der Waals surface area contributed by atoms with Gasteiger partial charge < -0.3 is 21.1 Å². The lowest BCUT2D eigenvalue weighted by Gasteiger charge is -2.17. The summed E-state index contributed by atoms with van der Waals surface area (Å²) in [7, 11) is 0. The van der Waals surface area contributed by atoms with Gasteiger partial charge in [-0.15, -0.1) is 0 Å². The molecule has 0 saturated heterocycles. The van der Waals surface area contributed by atoms with Crippen molar-refractivity contribution in [1.82, 2.24) is 10.6 Å². The summed E-state index contributed by atoms with van der Waals surface area (Å²) in [5, 5.41) is 19.2. The van der Waals surface area contributed by atoms with Crippen LogP contribution in [0, 0.1) is 18.8 Å². The zero-order valence-corrected chi connectivity index (χ0v) is 18.3. The van der Waals surface area contributed by atoms with Gasteiger partial charge in [0, 0.05) is 43.4 Å². The van der Waals surface area contributed by atoms with Crippen LogP contribution in [0.25, 0.3) is 0 Å². The van der Waals surface area contributed by atoms with Crippen LogP contribution in [0.4, 0.5) is 5.69 Å². The normalized spacial score (nSPS) is 12.8. The lowest BCUT2D eigenvalue weighted by Crippen LogP contribution is -2.39. The number of hydrogen-bond donors (Lipinski definition) is 4. The van der Waals surface area contributed by atoms with E-state index in [0.717, 1.165) is 30.6 Å². The molecule has 1 atom stereocenters. The number of amides is 1. The molecule has 0 saturated carbocycles. The molecule has 0 aliphatic rings. The Balaban J connectivity index is 2.52. The highest BCUT2D eigenvalue weighted by molar-refractivity contribution is 6.31. The van der Waals surface area contributed by atoms with Gasteiger partial charge in [-0.3, -0.25) is 9.79 Å². The van der Waals surface area contributed by atoms with Gasteiger partial charge in [-0.1, -0.05) is 31.5 Å². The van der Waals surface area contributed by atoms with Gasteiger partial charge in [0.2, 0.25) is 5.91 Å². The van der Waals surface area contributed by atoms with Crippen molar-refractivity contribution >= 4 is 29.2 Å². The van der Waals surface area contributed by atoms with Gasteiger partial charge in [0.15, 0.2) is 5.96 Å². The highest BCUT2D eigenvalue weighted by Gasteiger charge is 2.11. The molecule has 1 unspecified atom stereocenters. The van der Waals surface area contributed by atoms with Crippen LogP contribution in [-0.2, 0) is 4.79 Å². The van der Waals surface area contributed by atoms with E-state index < -0.39 is 0 Å². The Morgan fingerprint density at radius 3 is 2.68 bits per heavy atom. The first-order chi connectivity index (χ1) is 13.4. The van der Waals surface area contributed by atoms with Crippen LogP contribution in [0.2, 0.25) is 5.02 Å². The third kappa shape index (κ3) is 9.42. The molecule has 0 bridgehead atoms. The van der Waals surface area contributed by atoms with Gasteiger partial charge in [-0.05, 0) is 56.2 Å². The number of aliphatic hydroxyl groups is 1. The van der Waals surface area contributed by atoms with Crippen LogP contribution >= 0.6 is 11.6 Å². The predicted octanol–water partition coefficient (Wildman–Crippen LogP) is 3.58. The summed E-state index contributed by atoms with van der Waals surface area (Å²) in [5.74, 6) is 1.54. The van der Waals surface area contributed by atoms with Crippen LogP contribution in [-0.4, -0.2) is 43.2 Å². The molecule has 0 radical (unpaired) electrons. The van der Waals surface area contributed by atoms with Crippen molar-refractivity contribution in [3.8, 4) is 0 Å². The Kier molecular flexibility index (Phi) is 11.6. The second-order valence-electron chi connectivity index (χ2n) is 7.36. The SMILES string of the molecule is CCNC(=NCC(CCO)CC(C)C)NCCC(=O)Nc1cccc(Cl)c1C. The summed E-state index contributed by atoms with van der Waals surface area (Å²) in [4.78, 5) is 16.8. The summed E-state index contributed by atoms with van der Waals surface area (Å²) in [5.41, 5.74) is 1.60. The molecule has 1 amide bonds. The van der Waals surface area contributed by atoms with Crippen molar-refractivity contribution in [1.29, 1.82) is 0 Å². The average molecular weight is 411 g/mol. The number of nitrogens with zero attached hydrogens (tertiary/aromatic N) is 1. The number of aliphatic hydroxyl groups excluding tert-OH is 1. The van der Waals surface area contributed by atoms with Gasteiger partial charge in [-0.2, -0.15) is 0 Å². The fourth-order valence-electron chi connectivity index (χ4n) is 2.95. The van der Waals surface area contributed by atoms with E-state index in [1.165, 1.54) is 0 Å². The van der Waals surface area contributed by atoms with Crippen molar-refractivity contribution in [3.05, 3.63) is 28.8 Å². The Bertz CT molecular complexity index is 635. The molecule has 7 heteroatoms. The highest BCUT2D eigenvalue weighted by Crippen LogP contribution is 2.22. The van der Waals surface area contributed by atoms with Crippen LogP contribution in [0.1, 0.15) is 45.6 Å². The van der Waals surface area contributed by atoms with Crippen molar-refractivity contribution in [2.45, 2.75) is 47.0 Å². The second kappa shape index (κ2) is 13.4. The number of carbonyl (C=O) groups is 1. The number of benzene rings is 1. The smallest absolute Gasteiger partial charge is 0.226 e. The molecular formula is C21H35ClN4O2. The van der Waals surface area contributed by atoms with Gasteiger partial charge in [-0.25, -0.2) is 0 Å². The average Bonchev–Trinajstić information content (AvgIpc) is 2.63. The van der Waals surface area contributed by atoms with E-state index in [-0.39, 0.29) is 12.5 Å². The molecular weight excluding hydrogens is 376 g/mol. The van der Waals surface area contributed by atoms with Crippen LogP contribution < -0.4 is 16.0 Å². The van der Waals surface area contributed by atoms with Gasteiger partial charge in [0.05, 0.1) is 0 Å². The van der Waals surface area contributed by atoms with Crippen molar-refractivity contribution in [2.24, 2.45) is 16.8 Å². The summed E-state index contributed by atoms with van der Waals surface area (Å²) in [6.07, 6.45) is 2.11. The molecule has 1 aromatic carbocycles. The van der Waals surface area contributed by atoms with Crippen molar-refractivity contribution < 1.29 is 9.90 Å². The molecule has 0 aromatic heterocycles. The van der Waals surface area contributed by atoms with Crippen LogP contribution in [0.15, 0.2) is 23.2 Å². The van der Waals surface area contributed by atoms with Gasteiger partial charge in [0.25, 0.3) is 0 Å². The zero-order valence-electron chi connectivity index (χ0n) is 17.5. The molecule has 0 aliphatic heterocycles. The van der Waals surface area contributed by atoms with E-state index in [0.29, 0.717) is 42.3 Å². The number of rotatable bonds is 11. The maximum Gasteiger partial charge on any atom is 0.226 e. The van der Waals surface area contributed by atoms with Crippen molar-refractivity contribution in [3.63, 3.8) is 0 Å². The Hall–Kier alpha value is -1.79. The minimum Gasteiger partial charge on any atom is -0.396 e. The fourth-order valence-corrected chi connectivity index (χ4v) is 3.12. The number of hydrogen-bond acceptors (Lipinski definition) is 3. The predicted molar refractivity (Wildman–Crippen MR) is 118 cm³/mol. The van der Waals surface area contributed by atoms with E-state index >= 15 is 0 Å². The third-order valence-electron chi connectivity index (χ3n) is 4.38. The maximum absolute atomic E-state index is 12.2. The van der Waals surface area contributed by atoms with E-state index in [4.69, 9.17) is 11.6 Å². The van der Waals surface area contributed by atoms with Crippen molar-refractivity contribution in [2.75, 3.05) is 31.6 Å². The molecule has 1 aromatic rings.